The lowest BCUT2D eigenvalue weighted by Crippen LogP contribution is -2.27. The number of ether oxygens (including phenoxy) is 1. The molecule has 1 fully saturated rings. The molecule has 1 aliphatic heterocycles. The van der Waals surface area contributed by atoms with E-state index in [0.717, 1.165) is 65.7 Å². The van der Waals surface area contributed by atoms with Crippen LogP contribution in [-0.4, -0.2) is 99.1 Å². The molecule has 5 rings (SSSR count). The summed E-state index contributed by atoms with van der Waals surface area (Å²) >= 11 is 0. The number of likely N-dealkylation sites (tertiary alicyclic amines) is 1. The van der Waals surface area contributed by atoms with Gasteiger partial charge in [0.05, 0.1) is 29.9 Å². The van der Waals surface area contributed by atoms with Gasteiger partial charge in [0.15, 0.2) is 6.29 Å². The summed E-state index contributed by atoms with van der Waals surface area (Å²) in [6.45, 7) is 15.8. The van der Waals surface area contributed by atoms with Crippen molar-refractivity contribution in [2.45, 2.75) is 39.0 Å². The number of nitrogens with two attached hydrogens (primary N) is 1. The van der Waals surface area contributed by atoms with Crippen LogP contribution in [0.3, 0.4) is 0 Å². The SMILES string of the molecule is C=C1CCN(C)C1.C=N/C(=C\N(C)CC(=O)Nc1ccc(-c2nc3ccc(N)cc3[nH]2)cc1)NC.C=Nc1cc(OCCCC=O)c(CCC)cc1C=O. The Balaban J connectivity index is 0.000000258. The van der Waals surface area contributed by atoms with Crippen LogP contribution in [0.15, 0.2) is 88.8 Å². The second kappa shape index (κ2) is 22.1. The fourth-order valence-electron chi connectivity index (χ4n) is 5.44. The third-order valence-electron chi connectivity index (χ3n) is 8.20. The highest BCUT2D eigenvalue weighted by Crippen LogP contribution is 2.30. The highest BCUT2D eigenvalue weighted by atomic mass is 16.5. The smallest absolute Gasteiger partial charge is 0.243 e. The topological polar surface area (TPSA) is 170 Å². The predicted octanol–water partition coefficient (Wildman–Crippen LogP) is 6.42. The van der Waals surface area contributed by atoms with Crippen LogP contribution in [-0.2, 0) is 16.0 Å². The first-order valence-corrected chi connectivity index (χ1v) is 17.8. The number of aryl methyl sites for hydroxylation is 1. The number of aldehydes is 2. The van der Waals surface area contributed by atoms with Crippen molar-refractivity contribution in [3.05, 3.63) is 89.9 Å². The van der Waals surface area contributed by atoms with Gasteiger partial charge in [0, 0.05) is 68.4 Å². The normalized spacial score (nSPS) is 12.4. The van der Waals surface area contributed by atoms with Crippen LogP contribution in [0.5, 0.6) is 5.75 Å². The number of unbranched alkanes of at least 4 members (excludes halogenated alkanes) is 1. The summed E-state index contributed by atoms with van der Waals surface area (Å²) in [5, 5.41) is 5.75. The Morgan fingerprint density at radius 3 is 2.48 bits per heavy atom. The van der Waals surface area contributed by atoms with Gasteiger partial charge in [-0.25, -0.2) is 9.98 Å². The van der Waals surface area contributed by atoms with Gasteiger partial charge in [0.2, 0.25) is 5.91 Å². The number of anilines is 2. The Hall–Kier alpha value is -6.08. The second-order valence-electron chi connectivity index (χ2n) is 12.8. The van der Waals surface area contributed by atoms with Gasteiger partial charge < -0.3 is 40.7 Å². The molecule has 4 aromatic rings. The number of nitrogens with one attached hydrogen (secondary N) is 3. The number of amides is 1. The monoisotopic (exact) mass is 735 g/mol. The van der Waals surface area contributed by atoms with Crippen molar-refractivity contribution in [3.8, 4) is 17.1 Å². The molecule has 0 spiro atoms. The van der Waals surface area contributed by atoms with E-state index in [1.165, 1.54) is 18.5 Å². The van der Waals surface area contributed by atoms with Crippen LogP contribution < -0.4 is 21.1 Å². The van der Waals surface area contributed by atoms with Crippen molar-refractivity contribution < 1.29 is 19.1 Å². The van der Waals surface area contributed by atoms with E-state index in [1.807, 2.05) is 42.5 Å². The van der Waals surface area contributed by atoms with Crippen molar-refractivity contribution in [3.63, 3.8) is 0 Å². The minimum Gasteiger partial charge on any atom is -0.493 e. The molecule has 2 heterocycles. The molecular weight excluding hydrogens is 683 g/mol. The fourth-order valence-corrected chi connectivity index (χ4v) is 5.44. The molecule has 1 aliphatic rings. The van der Waals surface area contributed by atoms with E-state index in [0.29, 0.717) is 47.9 Å². The molecule has 5 N–H and O–H groups in total. The van der Waals surface area contributed by atoms with E-state index in [1.54, 1.807) is 37.3 Å². The number of imidazole rings is 1. The summed E-state index contributed by atoms with van der Waals surface area (Å²) in [6.07, 6.45) is 7.54. The first kappa shape index (κ1) is 42.3. The van der Waals surface area contributed by atoms with Gasteiger partial charge in [-0.1, -0.05) is 25.5 Å². The number of rotatable bonds is 16. The van der Waals surface area contributed by atoms with Crippen molar-refractivity contribution in [1.29, 1.82) is 0 Å². The molecule has 1 saturated heterocycles. The number of benzene rings is 3. The van der Waals surface area contributed by atoms with E-state index >= 15 is 0 Å². The van der Waals surface area contributed by atoms with E-state index < -0.39 is 0 Å². The van der Waals surface area contributed by atoms with Crippen molar-refractivity contribution >= 4 is 60.0 Å². The first-order chi connectivity index (χ1) is 26.0. The number of H-pyrrole nitrogens is 1. The summed E-state index contributed by atoms with van der Waals surface area (Å²) in [5.41, 5.74) is 13.3. The summed E-state index contributed by atoms with van der Waals surface area (Å²) in [4.78, 5) is 52.9. The van der Waals surface area contributed by atoms with E-state index in [4.69, 9.17) is 10.5 Å². The molecule has 0 radical (unpaired) electrons. The van der Waals surface area contributed by atoms with E-state index in [2.05, 4.69) is 69.5 Å². The van der Waals surface area contributed by atoms with Gasteiger partial charge in [0.25, 0.3) is 0 Å². The summed E-state index contributed by atoms with van der Waals surface area (Å²) in [6, 6.07) is 16.6. The average Bonchev–Trinajstić information content (AvgIpc) is 3.77. The molecule has 54 heavy (non-hydrogen) atoms. The third kappa shape index (κ3) is 13.5. The lowest BCUT2D eigenvalue weighted by atomic mass is 10.0. The zero-order valence-corrected chi connectivity index (χ0v) is 31.9. The molecule has 286 valence electrons. The van der Waals surface area contributed by atoms with E-state index in [9.17, 15) is 14.4 Å². The largest absolute Gasteiger partial charge is 0.493 e. The van der Waals surface area contributed by atoms with Crippen LogP contribution in [0.1, 0.15) is 48.5 Å². The molecular formula is C41H53N9O4. The molecule has 1 aromatic heterocycles. The van der Waals surface area contributed by atoms with Crippen molar-refractivity contribution in [1.82, 2.24) is 25.1 Å². The highest BCUT2D eigenvalue weighted by Gasteiger charge is 2.11. The van der Waals surface area contributed by atoms with Gasteiger partial charge >= 0.3 is 0 Å². The van der Waals surface area contributed by atoms with Gasteiger partial charge in [-0.15, -0.1) is 0 Å². The Morgan fingerprint density at radius 1 is 1.15 bits per heavy atom. The number of nitrogen functional groups attached to an aromatic ring is 1. The van der Waals surface area contributed by atoms with Crippen LogP contribution >= 0.6 is 0 Å². The van der Waals surface area contributed by atoms with Crippen molar-refractivity contribution in [2.24, 2.45) is 9.98 Å². The predicted molar refractivity (Wildman–Crippen MR) is 221 cm³/mol. The van der Waals surface area contributed by atoms with E-state index in [-0.39, 0.29) is 12.5 Å². The molecule has 0 aliphatic carbocycles. The van der Waals surface area contributed by atoms with Gasteiger partial charge in [0.1, 0.15) is 23.7 Å². The van der Waals surface area contributed by atoms with Crippen LogP contribution in [0.2, 0.25) is 0 Å². The third-order valence-corrected chi connectivity index (χ3v) is 8.20. The number of aromatic nitrogens is 2. The Bertz CT molecular complexity index is 1920. The first-order valence-electron chi connectivity index (χ1n) is 17.8. The highest BCUT2D eigenvalue weighted by molar-refractivity contribution is 5.92. The van der Waals surface area contributed by atoms with Crippen molar-refractivity contribution in [2.75, 3.05) is 58.4 Å². The van der Waals surface area contributed by atoms with Gasteiger partial charge in [-0.05, 0) is 93.8 Å². The summed E-state index contributed by atoms with van der Waals surface area (Å²) in [7, 11) is 5.66. The number of carbonyl (C=O) groups excluding carboxylic acids is 3. The minimum atomic E-state index is -0.134. The minimum absolute atomic E-state index is 0.134. The maximum Gasteiger partial charge on any atom is 0.243 e. The Morgan fingerprint density at radius 2 is 1.91 bits per heavy atom. The zero-order valence-electron chi connectivity index (χ0n) is 31.9. The zero-order chi connectivity index (χ0) is 39.5. The van der Waals surface area contributed by atoms with Crippen LogP contribution in [0, 0.1) is 0 Å². The standard InChI is InChI=1S/C20H23N7O.C15H19NO3.C6H11N/c1-22-18(23-2)11-27(3)12-19(28)24-15-7-4-13(5-8-15)20-25-16-9-6-14(21)10-17(16)26-20;1-3-6-12-9-13(11-18)14(16-2)10-15(12)19-8-5-4-7-17;1-6-3-4-7(2)5-6/h4-11,23H,1,12,21H2,2-3H3,(H,24,28)(H,25,26);7,9-11H,2-6,8H2,1H3;1,3-5H2,2H3/b18-11+;;. The average molecular weight is 736 g/mol. The molecule has 0 atom stereocenters. The quantitative estimate of drug-likeness (QED) is 0.0333. The maximum absolute atomic E-state index is 12.2. The summed E-state index contributed by atoms with van der Waals surface area (Å²) in [5.74, 6) is 1.93. The summed E-state index contributed by atoms with van der Waals surface area (Å²) < 4.78 is 5.67. The second-order valence-corrected chi connectivity index (χ2v) is 12.8. The number of aromatic amines is 1. The molecule has 1 amide bonds. The number of aliphatic imine (C=N–C) groups is 2. The number of carbonyl (C=O) groups is 3. The number of likely N-dealkylation sites (N-methyl/N-ethyl adjacent to an activating group) is 2. The lowest BCUT2D eigenvalue weighted by molar-refractivity contribution is -0.116. The molecule has 3 aromatic carbocycles. The molecule has 0 saturated carbocycles. The van der Waals surface area contributed by atoms with Gasteiger partial charge in [-0.3, -0.25) is 14.6 Å². The lowest BCUT2D eigenvalue weighted by Gasteiger charge is -2.15. The maximum atomic E-state index is 12.2. The Labute approximate surface area is 318 Å². The number of hydrogen-bond donors (Lipinski definition) is 4. The molecule has 13 nitrogen and oxygen atoms in total. The Kier molecular flexibility index (Phi) is 17.3. The molecule has 13 heteroatoms. The molecule has 0 unspecified atom stereocenters. The van der Waals surface area contributed by atoms with Crippen LogP contribution in [0.25, 0.3) is 22.4 Å². The number of fused-ring (bicyclic) bond motifs is 1. The van der Waals surface area contributed by atoms with Gasteiger partial charge in [-0.2, -0.15) is 0 Å². The number of hydrogen-bond acceptors (Lipinski definition) is 11. The fraction of sp³-hybridized carbons (Fsp3) is 0.317. The molecule has 0 bridgehead atoms. The van der Waals surface area contributed by atoms with Crippen LogP contribution in [0.4, 0.5) is 17.1 Å². The number of nitrogens with zero attached hydrogens (tertiary/aromatic N) is 5.